The highest BCUT2D eigenvalue weighted by Crippen LogP contribution is 2.13. The summed E-state index contributed by atoms with van der Waals surface area (Å²) in [6.07, 6.45) is 0. The molecule has 0 radical (unpaired) electrons. The lowest BCUT2D eigenvalue weighted by atomic mass is 10.2. The minimum Gasteiger partial charge on any atom is -0.323 e. The Hall–Kier alpha value is -2.95. The molecule has 3 aromatic rings. The van der Waals surface area contributed by atoms with Crippen molar-refractivity contribution >= 4 is 28.3 Å². The predicted molar refractivity (Wildman–Crippen MR) is 88.8 cm³/mol. The number of nitrogens with zero attached hydrogens (tertiary/aromatic N) is 1. The minimum atomic E-state index is -0.376. The average Bonchev–Trinajstić information content (AvgIpc) is 2.54. The fourth-order valence-electron chi connectivity index (χ4n) is 2.39. The molecule has 0 saturated carbocycles. The van der Waals surface area contributed by atoms with Gasteiger partial charge in [0.15, 0.2) is 6.54 Å². The number of aromatic amines is 1. The number of nitrogens with one attached hydrogen (secondary N) is 2. The van der Waals surface area contributed by atoms with E-state index in [1.54, 1.807) is 17.0 Å². The number of fused-ring (bicyclic) bond motifs is 1. The molecule has 0 fully saturated rings. The summed E-state index contributed by atoms with van der Waals surface area (Å²) < 4.78 is 13.1. The number of hydrogen-bond acceptors (Lipinski definition) is 2. The molecule has 4 nitrogen and oxygen atoms in total. The lowest BCUT2D eigenvalue weighted by Gasteiger charge is -2.11. The van der Waals surface area contributed by atoms with Gasteiger partial charge in [0.25, 0.3) is 11.7 Å². The van der Waals surface area contributed by atoms with Gasteiger partial charge in [0.2, 0.25) is 0 Å². The van der Waals surface area contributed by atoms with Crippen molar-refractivity contribution in [3.8, 4) is 0 Å². The van der Waals surface area contributed by atoms with Crippen molar-refractivity contribution in [1.29, 1.82) is 0 Å². The van der Waals surface area contributed by atoms with Crippen LogP contribution in [0.2, 0.25) is 0 Å². The number of likely N-dealkylation sites (N-methyl/N-ethyl adjacent to an activating group) is 1. The van der Waals surface area contributed by atoms with Crippen molar-refractivity contribution in [2.24, 2.45) is 0 Å². The Kier molecular flexibility index (Phi) is 4.19. The summed E-state index contributed by atoms with van der Waals surface area (Å²) >= 11 is 0. The number of halogens is 1. The van der Waals surface area contributed by atoms with Gasteiger partial charge in [0.05, 0.1) is 7.05 Å². The number of pyridine rings is 1. The first-order valence-electron chi connectivity index (χ1n) is 7.29. The van der Waals surface area contributed by atoms with Crippen molar-refractivity contribution < 1.29 is 14.2 Å². The smallest absolute Gasteiger partial charge is 0.275 e. The number of hydrogen-bond donors (Lipinski definition) is 1. The van der Waals surface area contributed by atoms with E-state index < -0.39 is 0 Å². The number of rotatable bonds is 4. The third-order valence-corrected chi connectivity index (χ3v) is 3.54. The summed E-state index contributed by atoms with van der Waals surface area (Å²) in [5, 5.41) is 3.79. The molecule has 0 bridgehead atoms. The molecule has 2 aromatic carbocycles. The van der Waals surface area contributed by atoms with Crippen LogP contribution in [0.4, 0.5) is 15.9 Å². The van der Waals surface area contributed by atoms with Crippen LogP contribution < -0.4 is 15.2 Å². The molecule has 0 saturated heterocycles. The molecule has 0 aliphatic rings. The van der Waals surface area contributed by atoms with E-state index in [0.29, 0.717) is 5.69 Å². The quantitative estimate of drug-likeness (QED) is 0.805. The number of aromatic nitrogens is 1. The van der Waals surface area contributed by atoms with Gasteiger partial charge in [-0.3, -0.25) is 9.69 Å². The molecule has 5 heteroatoms. The molecule has 3 rings (SSSR count). The zero-order valence-electron chi connectivity index (χ0n) is 12.7. The lowest BCUT2D eigenvalue weighted by molar-refractivity contribution is -0.330. The standard InChI is InChI=1S/C18H16FN3O/c1-22(12-18(23)20-15-7-4-6-14(19)11-15)17-10-9-13-5-2-3-8-16(13)21-17/h2-11H,12H2,1H3,(H,20,23)/p+1. The summed E-state index contributed by atoms with van der Waals surface area (Å²) in [5.74, 6) is 0.247. The third-order valence-electron chi connectivity index (χ3n) is 3.54. The average molecular weight is 310 g/mol. The number of benzene rings is 2. The van der Waals surface area contributed by atoms with Crippen molar-refractivity contribution in [3.63, 3.8) is 0 Å². The Morgan fingerprint density at radius 2 is 1.96 bits per heavy atom. The Morgan fingerprint density at radius 3 is 2.78 bits per heavy atom. The maximum atomic E-state index is 13.1. The zero-order chi connectivity index (χ0) is 16.2. The summed E-state index contributed by atoms with van der Waals surface area (Å²) in [6.45, 7) is 0.158. The summed E-state index contributed by atoms with van der Waals surface area (Å²) in [7, 11) is 1.83. The van der Waals surface area contributed by atoms with Crippen LogP contribution in [0.3, 0.4) is 0 Å². The van der Waals surface area contributed by atoms with Crippen LogP contribution >= 0.6 is 0 Å². The molecule has 116 valence electrons. The van der Waals surface area contributed by atoms with Crippen molar-refractivity contribution in [3.05, 3.63) is 66.5 Å². The van der Waals surface area contributed by atoms with Crippen molar-refractivity contribution in [2.75, 3.05) is 23.8 Å². The first kappa shape index (κ1) is 15.0. The van der Waals surface area contributed by atoms with E-state index in [1.807, 2.05) is 43.4 Å². The molecule has 1 aromatic heterocycles. The maximum absolute atomic E-state index is 13.1. The van der Waals surface area contributed by atoms with Gasteiger partial charge in [0.1, 0.15) is 11.3 Å². The largest absolute Gasteiger partial charge is 0.323 e. The van der Waals surface area contributed by atoms with Gasteiger partial charge >= 0.3 is 0 Å². The minimum absolute atomic E-state index is 0.158. The highest BCUT2D eigenvalue weighted by molar-refractivity contribution is 5.93. The molecule has 0 atom stereocenters. The Morgan fingerprint density at radius 1 is 1.13 bits per heavy atom. The molecule has 1 heterocycles. The van der Waals surface area contributed by atoms with Gasteiger partial charge in [-0.2, -0.15) is 0 Å². The first-order chi connectivity index (χ1) is 11.1. The molecule has 23 heavy (non-hydrogen) atoms. The highest BCUT2D eigenvalue weighted by atomic mass is 19.1. The molecule has 0 aliphatic carbocycles. The second-order valence-electron chi connectivity index (χ2n) is 5.35. The Labute approximate surface area is 133 Å². The van der Waals surface area contributed by atoms with Crippen LogP contribution in [0.1, 0.15) is 0 Å². The molecule has 2 N–H and O–H groups in total. The molecule has 0 aliphatic heterocycles. The van der Waals surface area contributed by atoms with E-state index in [1.165, 1.54) is 12.1 Å². The van der Waals surface area contributed by atoms with Crippen molar-refractivity contribution in [1.82, 2.24) is 0 Å². The number of amides is 1. The van der Waals surface area contributed by atoms with Gasteiger partial charge < -0.3 is 5.32 Å². The van der Waals surface area contributed by atoms with E-state index in [4.69, 9.17) is 0 Å². The molecule has 1 amide bonds. The van der Waals surface area contributed by atoms with Crippen LogP contribution in [0.5, 0.6) is 0 Å². The third kappa shape index (κ3) is 3.63. The van der Waals surface area contributed by atoms with Crippen LogP contribution in [-0.4, -0.2) is 19.5 Å². The van der Waals surface area contributed by atoms with Crippen LogP contribution in [-0.2, 0) is 4.79 Å². The Balaban J connectivity index is 1.69. The van der Waals surface area contributed by atoms with Gasteiger partial charge in [-0.15, -0.1) is 0 Å². The highest BCUT2D eigenvalue weighted by Gasteiger charge is 2.15. The van der Waals surface area contributed by atoms with Gasteiger partial charge in [0, 0.05) is 17.1 Å². The Bertz CT molecular complexity index is 850. The van der Waals surface area contributed by atoms with Gasteiger partial charge in [-0.25, -0.2) is 9.37 Å². The lowest BCUT2D eigenvalue weighted by Crippen LogP contribution is -2.33. The number of para-hydroxylation sites is 1. The number of anilines is 2. The van der Waals surface area contributed by atoms with E-state index >= 15 is 0 Å². The van der Waals surface area contributed by atoms with E-state index in [9.17, 15) is 9.18 Å². The second-order valence-corrected chi connectivity index (χ2v) is 5.35. The second kappa shape index (κ2) is 6.44. The topological polar surface area (TPSA) is 46.5 Å². The van der Waals surface area contributed by atoms with E-state index in [0.717, 1.165) is 16.7 Å². The summed E-state index contributed by atoms with van der Waals surface area (Å²) in [5.41, 5.74) is 1.45. The summed E-state index contributed by atoms with van der Waals surface area (Å²) in [6, 6.07) is 17.7. The first-order valence-corrected chi connectivity index (χ1v) is 7.29. The van der Waals surface area contributed by atoms with Crippen LogP contribution in [0.25, 0.3) is 10.9 Å². The van der Waals surface area contributed by atoms with E-state index in [-0.39, 0.29) is 18.3 Å². The molecule has 0 unspecified atom stereocenters. The van der Waals surface area contributed by atoms with Crippen LogP contribution in [0, 0.1) is 5.82 Å². The summed E-state index contributed by atoms with van der Waals surface area (Å²) in [4.78, 5) is 17.2. The SMILES string of the molecule is CN(CC(=O)Nc1cccc(F)c1)c1ccc2ccccc2[nH+]1. The van der Waals surface area contributed by atoms with Gasteiger partial charge in [-0.1, -0.05) is 24.3 Å². The number of carbonyl (C=O) groups excluding carboxylic acids is 1. The van der Waals surface area contributed by atoms with Crippen LogP contribution in [0.15, 0.2) is 60.7 Å². The number of carbonyl (C=O) groups is 1. The predicted octanol–water partition coefficient (Wildman–Crippen LogP) is 2.87. The van der Waals surface area contributed by atoms with Gasteiger partial charge in [-0.05, 0) is 30.3 Å². The number of H-pyrrole nitrogens is 1. The zero-order valence-corrected chi connectivity index (χ0v) is 12.7. The fraction of sp³-hybridized carbons (Fsp3) is 0.111. The van der Waals surface area contributed by atoms with Crippen molar-refractivity contribution in [2.45, 2.75) is 0 Å². The fourth-order valence-corrected chi connectivity index (χ4v) is 2.39. The normalized spacial score (nSPS) is 10.5. The maximum Gasteiger partial charge on any atom is 0.275 e. The van der Waals surface area contributed by atoms with E-state index in [2.05, 4.69) is 10.3 Å². The molecular weight excluding hydrogens is 293 g/mol. The molecule has 0 spiro atoms. The molecular formula is C18H17FN3O+. The monoisotopic (exact) mass is 310 g/mol.